The van der Waals surface area contributed by atoms with Crippen molar-refractivity contribution in [2.24, 2.45) is 11.8 Å². The molecule has 0 bridgehead atoms. The Bertz CT molecular complexity index is 1570. The zero-order chi connectivity index (χ0) is 35.5. The van der Waals surface area contributed by atoms with Crippen LogP contribution < -0.4 is 9.47 Å². The summed E-state index contributed by atoms with van der Waals surface area (Å²) >= 11 is 0. The largest absolute Gasteiger partial charge is 0.493 e. The van der Waals surface area contributed by atoms with Gasteiger partial charge in [0.2, 0.25) is 0 Å². The van der Waals surface area contributed by atoms with Crippen molar-refractivity contribution >= 4 is 5.78 Å². The fraction of sp³-hybridized carbons (Fsp3) is 0.458. The summed E-state index contributed by atoms with van der Waals surface area (Å²) in [6.45, 7) is -12.3. The third kappa shape index (κ3) is 3.93. The molecule has 2 aromatic rings. The zero-order valence-electron chi connectivity index (χ0n) is 33.1. The lowest BCUT2D eigenvalue weighted by Gasteiger charge is -2.32. The smallest absolute Gasteiger partial charge is 0.166 e. The molecule has 4 nitrogen and oxygen atoms in total. The SMILES string of the molecule is [2H]c1c([2H])c([2H])c(C([2H])([2H])N2C([2H])([2H])C([2H])([2H])C([2H])(C([2H])([2H])C3Cc4cc(OC)c(OC)cc4C3=O)C([2H])([2H])C2([2H])[2H])c([2H])c1[2H]. The molecule has 0 spiro atoms. The van der Waals surface area contributed by atoms with Gasteiger partial charge in [-0.15, -0.1) is 0 Å². The molecule has 2 aliphatic rings. The molecule has 1 heterocycles. The number of benzene rings is 2. The summed E-state index contributed by atoms with van der Waals surface area (Å²) in [6.07, 6.45) is -12.7. The van der Waals surface area contributed by atoms with Crippen molar-refractivity contribution in [3.05, 3.63) is 59.0 Å². The number of rotatable bonds is 6. The van der Waals surface area contributed by atoms with Gasteiger partial charge >= 0.3 is 0 Å². The molecule has 28 heavy (non-hydrogen) atoms. The summed E-state index contributed by atoms with van der Waals surface area (Å²) in [6, 6.07) is -3.12. The van der Waals surface area contributed by atoms with Gasteiger partial charge in [-0.2, -0.15) is 0 Å². The third-order valence-corrected chi connectivity index (χ3v) is 4.24. The quantitative estimate of drug-likeness (QED) is 0.726. The Morgan fingerprint density at radius 1 is 1.18 bits per heavy atom. The minimum atomic E-state index is -4.20. The topological polar surface area (TPSA) is 38.8 Å². The van der Waals surface area contributed by atoms with E-state index in [2.05, 4.69) is 0 Å². The second-order valence-electron chi connectivity index (χ2n) is 5.93. The number of nitrogens with zero attached hydrogens (tertiary/aromatic N) is 1. The minimum Gasteiger partial charge on any atom is -0.493 e. The maximum Gasteiger partial charge on any atom is 0.166 e. The van der Waals surface area contributed by atoms with Crippen LogP contribution in [0.3, 0.4) is 0 Å². The molecule has 0 radical (unpaired) electrons. The highest BCUT2D eigenvalue weighted by Gasteiger charge is 2.34. The highest BCUT2D eigenvalue weighted by Crippen LogP contribution is 2.39. The Morgan fingerprint density at radius 2 is 1.86 bits per heavy atom. The first-order valence-electron chi connectivity index (χ1n) is 17.3. The number of carbonyl (C=O) groups excluding carboxylic acids is 1. The Balaban J connectivity index is 1.97. The molecule has 1 saturated heterocycles. The first-order chi connectivity index (χ1) is 20.7. The molecule has 1 aliphatic heterocycles. The Labute approximate surface area is 192 Å². The molecule has 148 valence electrons. The van der Waals surface area contributed by atoms with Crippen molar-refractivity contribution in [2.45, 2.75) is 32.0 Å². The number of likely N-dealkylation sites (tertiary alicyclic amines) is 1. The van der Waals surface area contributed by atoms with Crippen LogP contribution in [0.1, 0.15) is 65.3 Å². The Kier molecular flexibility index (Phi) is 2.14. The summed E-state index contributed by atoms with van der Waals surface area (Å²) in [5, 5.41) is 0. The number of ketones is 1. The van der Waals surface area contributed by atoms with Gasteiger partial charge in [0.05, 0.1) is 21.1 Å². The van der Waals surface area contributed by atoms with Crippen molar-refractivity contribution in [3.63, 3.8) is 0 Å². The van der Waals surface area contributed by atoms with E-state index in [1.807, 2.05) is 0 Å². The molecule has 0 amide bonds. The second-order valence-corrected chi connectivity index (χ2v) is 5.93. The first kappa shape index (κ1) is 7.17. The average molecular weight is 398 g/mol. The van der Waals surface area contributed by atoms with E-state index in [4.69, 9.17) is 34.1 Å². The van der Waals surface area contributed by atoms with Crippen LogP contribution in [0, 0.1) is 11.8 Å². The van der Waals surface area contributed by atoms with Gasteiger partial charge in [-0.3, -0.25) is 9.69 Å². The van der Waals surface area contributed by atoms with Crippen LogP contribution in [0.25, 0.3) is 0 Å². The van der Waals surface area contributed by atoms with E-state index in [9.17, 15) is 4.79 Å². The van der Waals surface area contributed by atoms with Crippen LogP contribution in [0.15, 0.2) is 42.3 Å². The van der Waals surface area contributed by atoms with Crippen LogP contribution in [-0.4, -0.2) is 37.9 Å². The number of fused-ring (bicyclic) bond motifs is 1. The molecule has 1 unspecified atom stereocenters. The first-order valence-corrected chi connectivity index (χ1v) is 8.34. The molecular weight excluding hydrogens is 350 g/mol. The number of hydrogen-bond donors (Lipinski definition) is 0. The lowest BCUT2D eigenvalue weighted by Crippen LogP contribution is -2.34. The molecule has 2 aromatic carbocycles. The molecule has 0 N–H and O–H groups in total. The van der Waals surface area contributed by atoms with Crippen molar-refractivity contribution in [1.29, 1.82) is 0 Å². The van der Waals surface area contributed by atoms with E-state index in [1.54, 1.807) is 0 Å². The van der Waals surface area contributed by atoms with Crippen LogP contribution >= 0.6 is 0 Å². The second kappa shape index (κ2) is 8.36. The number of Topliss-reactive ketones (excluding diaryl/α,β-unsaturated/α-hetero) is 1. The summed E-state index contributed by atoms with van der Waals surface area (Å²) in [4.78, 5) is 13.0. The van der Waals surface area contributed by atoms with Gasteiger partial charge in [0.1, 0.15) is 0 Å². The zero-order valence-corrected chi connectivity index (χ0v) is 15.1. The molecule has 0 saturated carbocycles. The fourth-order valence-electron chi connectivity index (χ4n) is 2.94. The standard InChI is InChI=1S/C24H29NO3/c1-27-22-14-19-13-20(24(26)21(19)15-23(22)28-2)12-17-8-10-25(11-9-17)16-18-6-4-3-5-7-18/h3-7,14-15,17,20H,8-13,16H2,1-2H3/i3D,4D,5D,6D,7D,8D2,9D2,10D2,11D2,12D2,16D2,17D. The van der Waals surface area contributed by atoms with Crippen molar-refractivity contribution in [1.82, 2.24) is 4.90 Å². The summed E-state index contributed by atoms with van der Waals surface area (Å²) in [5.41, 5.74) is -1.32. The number of hydrogen-bond acceptors (Lipinski definition) is 4. The van der Waals surface area contributed by atoms with Crippen LogP contribution in [0.5, 0.6) is 11.5 Å². The number of ether oxygens (including phenoxy) is 2. The van der Waals surface area contributed by atoms with Crippen LogP contribution in [0.4, 0.5) is 0 Å². The third-order valence-electron chi connectivity index (χ3n) is 4.24. The van der Waals surface area contributed by atoms with E-state index in [0.717, 1.165) is 0 Å². The Hall–Kier alpha value is -2.33. The summed E-state index contributed by atoms with van der Waals surface area (Å²) < 4.78 is 165. The highest BCUT2D eigenvalue weighted by molar-refractivity contribution is 6.02. The number of methoxy groups -OCH3 is 2. The molecule has 1 aliphatic carbocycles. The molecule has 4 heteroatoms. The molecule has 1 fully saturated rings. The van der Waals surface area contributed by atoms with Gasteiger partial charge in [0.25, 0.3) is 0 Å². The van der Waals surface area contributed by atoms with Gasteiger partial charge in [-0.25, -0.2) is 0 Å². The van der Waals surface area contributed by atoms with E-state index in [0.29, 0.717) is 0 Å². The van der Waals surface area contributed by atoms with Gasteiger partial charge in [-0.05, 0) is 67.7 Å². The highest BCUT2D eigenvalue weighted by atomic mass is 16.5. The Morgan fingerprint density at radius 3 is 2.54 bits per heavy atom. The normalized spacial score (nSPS) is 38.9. The van der Waals surface area contributed by atoms with Gasteiger partial charge in [-0.1, -0.05) is 30.2 Å². The predicted octanol–water partition coefficient (Wildman–Crippen LogP) is 4.36. The van der Waals surface area contributed by atoms with Crippen LogP contribution in [0.2, 0.25) is 0 Å². The number of piperidine rings is 1. The van der Waals surface area contributed by atoms with E-state index in [-0.39, 0.29) is 22.6 Å². The van der Waals surface area contributed by atoms with Crippen molar-refractivity contribution in [3.8, 4) is 11.5 Å². The molecule has 4 rings (SSSR count). The maximum absolute atomic E-state index is 13.6. The van der Waals surface area contributed by atoms with Gasteiger partial charge < -0.3 is 9.47 Å². The van der Waals surface area contributed by atoms with Crippen LogP contribution in [-0.2, 0) is 12.9 Å². The molecular formula is C24H29NO3. The van der Waals surface area contributed by atoms with Crippen molar-refractivity contribution < 1.29 is 38.9 Å². The lowest BCUT2D eigenvalue weighted by molar-refractivity contribution is 0.0895. The maximum atomic E-state index is 13.6. The summed E-state index contributed by atoms with van der Waals surface area (Å²) in [5.74, 6) is -7.02. The van der Waals surface area contributed by atoms with E-state index >= 15 is 0 Å². The predicted molar refractivity (Wildman–Crippen MR) is 110 cm³/mol. The van der Waals surface area contributed by atoms with Gasteiger partial charge in [0.15, 0.2) is 17.3 Å². The fourth-order valence-corrected chi connectivity index (χ4v) is 2.94. The summed E-state index contributed by atoms with van der Waals surface area (Å²) in [7, 11) is 2.56. The van der Waals surface area contributed by atoms with E-state index < -0.39 is 103 Å². The number of carbonyl (C=O) groups is 1. The molecule has 0 aromatic heterocycles. The van der Waals surface area contributed by atoms with E-state index in [1.165, 1.54) is 26.4 Å². The van der Waals surface area contributed by atoms with Gasteiger partial charge in [0, 0.05) is 35.8 Å². The lowest BCUT2D eigenvalue weighted by atomic mass is 9.85. The average Bonchev–Trinajstić information content (AvgIpc) is 3.27. The monoisotopic (exact) mass is 397 g/mol. The minimum absolute atomic E-state index is 0.0675. The molecule has 1 atom stereocenters. The van der Waals surface area contributed by atoms with Crippen molar-refractivity contribution in [2.75, 3.05) is 27.2 Å².